The summed E-state index contributed by atoms with van der Waals surface area (Å²) in [7, 11) is 0. The molecule has 0 spiro atoms. The Hall–Kier alpha value is -2.11. The van der Waals surface area contributed by atoms with Crippen molar-refractivity contribution in [2.45, 2.75) is 26.2 Å². The van der Waals surface area contributed by atoms with Gasteiger partial charge in [0.25, 0.3) is 0 Å². The van der Waals surface area contributed by atoms with Crippen molar-refractivity contribution in [1.29, 1.82) is 0 Å². The van der Waals surface area contributed by atoms with Crippen LogP contribution in [0.15, 0.2) is 24.4 Å². The summed E-state index contributed by atoms with van der Waals surface area (Å²) < 4.78 is 5.43. The molecule has 0 radical (unpaired) electrons. The topological polar surface area (TPSA) is 58.6 Å². The maximum absolute atomic E-state index is 12.6. The zero-order chi connectivity index (χ0) is 16.1. The molecule has 2 aliphatic rings. The molecule has 3 rings (SSSR count). The predicted octanol–water partition coefficient (Wildman–Crippen LogP) is 1.88. The third-order valence-corrected chi connectivity index (χ3v) is 4.40. The molecule has 1 aliphatic carbocycles. The van der Waals surface area contributed by atoms with Crippen molar-refractivity contribution < 1.29 is 9.53 Å². The molecule has 1 fully saturated rings. The fourth-order valence-electron chi connectivity index (χ4n) is 3.12. The molecule has 1 aromatic rings. The number of anilines is 1. The van der Waals surface area contributed by atoms with E-state index in [2.05, 4.69) is 27.0 Å². The molecule has 23 heavy (non-hydrogen) atoms. The molecule has 0 unspecified atom stereocenters. The van der Waals surface area contributed by atoms with Crippen LogP contribution in [-0.2, 0) is 4.79 Å². The minimum Gasteiger partial charge on any atom is -0.478 e. The molecule has 0 aromatic carbocycles. The smallest absolute Gasteiger partial charge is 0.228 e. The Bertz CT molecular complexity index is 567. The second-order valence-electron chi connectivity index (χ2n) is 5.92. The van der Waals surface area contributed by atoms with Crippen LogP contribution in [0.4, 0.5) is 5.95 Å². The summed E-state index contributed by atoms with van der Waals surface area (Å²) in [5, 5.41) is 0. The summed E-state index contributed by atoms with van der Waals surface area (Å²) in [6, 6.07) is 1.77. The number of aromatic nitrogens is 2. The number of hydrogen-bond acceptors (Lipinski definition) is 5. The van der Waals surface area contributed by atoms with Crippen LogP contribution in [-0.4, -0.2) is 53.6 Å². The highest BCUT2D eigenvalue weighted by Gasteiger charge is 2.28. The van der Waals surface area contributed by atoms with Gasteiger partial charge in [0.15, 0.2) is 0 Å². The van der Waals surface area contributed by atoms with E-state index in [-0.39, 0.29) is 5.92 Å². The van der Waals surface area contributed by atoms with Gasteiger partial charge >= 0.3 is 0 Å². The highest BCUT2D eigenvalue weighted by atomic mass is 16.5. The Morgan fingerprint density at radius 1 is 1.30 bits per heavy atom. The second-order valence-corrected chi connectivity index (χ2v) is 5.92. The van der Waals surface area contributed by atoms with Crippen LogP contribution in [0.3, 0.4) is 0 Å². The van der Waals surface area contributed by atoms with Crippen LogP contribution in [0.1, 0.15) is 26.2 Å². The largest absolute Gasteiger partial charge is 0.478 e. The van der Waals surface area contributed by atoms with E-state index in [9.17, 15) is 4.79 Å². The van der Waals surface area contributed by atoms with E-state index in [1.165, 1.54) is 0 Å². The van der Waals surface area contributed by atoms with Gasteiger partial charge in [0.2, 0.25) is 17.7 Å². The van der Waals surface area contributed by atoms with Crippen molar-refractivity contribution in [3.05, 3.63) is 24.4 Å². The summed E-state index contributed by atoms with van der Waals surface area (Å²) in [5.41, 5.74) is 0. The number of ether oxygens (including phenoxy) is 1. The number of hydrogen-bond donors (Lipinski definition) is 0. The lowest BCUT2D eigenvalue weighted by molar-refractivity contribution is -0.136. The van der Waals surface area contributed by atoms with E-state index in [4.69, 9.17) is 4.74 Å². The van der Waals surface area contributed by atoms with Crippen LogP contribution in [0.2, 0.25) is 0 Å². The lowest BCUT2D eigenvalue weighted by atomic mass is 9.93. The van der Waals surface area contributed by atoms with Gasteiger partial charge in [0.05, 0.1) is 6.61 Å². The summed E-state index contributed by atoms with van der Waals surface area (Å²) >= 11 is 0. The number of rotatable bonds is 4. The first-order valence-electron chi connectivity index (χ1n) is 8.42. The minimum atomic E-state index is 0.170. The minimum absolute atomic E-state index is 0.170. The van der Waals surface area contributed by atoms with Gasteiger partial charge in [-0.1, -0.05) is 12.2 Å². The fourth-order valence-corrected chi connectivity index (χ4v) is 3.12. The van der Waals surface area contributed by atoms with E-state index in [0.29, 0.717) is 24.3 Å². The molecule has 6 heteroatoms. The Kier molecular flexibility index (Phi) is 5.10. The summed E-state index contributed by atoms with van der Waals surface area (Å²) in [5.74, 6) is 1.76. The quantitative estimate of drug-likeness (QED) is 0.794. The number of nitrogens with zero attached hydrogens (tertiary/aromatic N) is 4. The first kappa shape index (κ1) is 15.8. The molecule has 1 saturated heterocycles. The van der Waals surface area contributed by atoms with E-state index >= 15 is 0 Å². The molecule has 1 aliphatic heterocycles. The Morgan fingerprint density at radius 2 is 2.13 bits per heavy atom. The number of carbonyl (C=O) groups excluding carboxylic acids is 1. The van der Waals surface area contributed by atoms with E-state index in [1.807, 2.05) is 11.8 Å². The van der Waals surface area contributed by atoms with Crippen LogP contribution < -0.4 is 9.64 Å². The number of piperazine rings is 1. The van der Waals surface area contributed by atoms with Crippen molar-refractivity contribution in [2.75, 3.05) is 37.7 Å². The maximum atomic E-state index is 12.6. The van der Waals surface area contributed by atoms with Crippen molar-refractivity contribution in [1.82, 2.24) is 14.9 Å². The van der Waals surface area contributed by atoms with Crippen molar-refractivity contribution in [3.63, 3.8) is 0 Å². The van der Waals surface area contributed by atoms with Gasteiger partial charge < -0.3 is 14.5 Å². The summed E-state index contributed by atoms with van der Waals surface area (Å²) in [4.78, 5) is 25.4. The zero-order valence-electron chi connectivity index (χ0n) is 13.6. The van der Waals surface area contributed by atoms with Crippen molar-refractivity contribution >= 4 is 11.9 Å². The van der Waals surface area contributed by atoms with E-state index in [0.717, 1.165) is 45.4 Å². The molecule has 0 saturated carbocycles. The van der Waals surface area contributed by atoms with Gasteiger partial charge in [-0.3, -0.25) is 4.79 Å². The molecular formula is C17H24N4O2. The number of amides is 1. The molecule has 1 atom stereocenters. The normalized spacial score (nSPS) is 21.3. The van der Waals surface area contributed by atoms with Gasteiger partial charge in [0.1, 0.15) is 0 Å². The van der Waals surface area contributed by atoms with Gasteiger partial charge in [-0.25, -0.2) is 4.98 Å². The average molecular weight is 316 g/mol. The first-order valence-corrected chi connectivity index (χ1v) is 8.42. The summed E-state index contributed by atoms with van der Waals surface area (Å²) in [6.45, 7) is 5.54. The average Bonchev–Trinajstić information content (AvgIpc) is 2.62. The van der Waals surface area contributed by atoms with E-state index < -0.39 is 0 Å². The Labute approximate surface area is 137 Å². The molecular weight excluding hydrogens is 292 g/mol. The molecule has 6 nitrogen and oxygen atoms in total. The van der Waals surface area contributed by atoms with Gasteiger partial charge in [0, 0.05) is 44.4 Å². The zero-order valence-corrected chi connectivity index (χ0v) is 13.6. The first-order chi connectivity index (χ1) is 11.3. The molecule has 0 bridgehead atoms. The van der Waals surface area contributed by atoms with Crippen LogP contribution >= 0.6 is 0 Å². The van der Waals surface area contributed by atoms with Crippen LogP contribution in [0.25, 0.3) is 0 Å². The van der Waals surface area contributed by atoms with Crippen LogP contribution in [0, 0.1) is 5.92 Å². The highest BCUT2D eigenvalue weighted by molar-refractivity contribution is 5.79. The standard InChI is InChI=1S/C17H24N4O2/c1-2-23-15-8-9-18-17(19-15)21-12-10-20(11-13-21)16(22)14-6-4-3-5-7-14/h3-4,8-9,14H,2,5-7,10-13H2,1H3/t14-/m1/s1. The highest BCUT2D eigenvalue weighted by Crippen LogP contribution is 2.22. The lowest BCUT2D eigenvalue weighted by Crippen LogP contribution is -2.51. The summed E-state index contributed by atoms with van der Waals surface area (Å²) in [6.07, 6.45) is 8.92. The maximum Gasteiger partial charge on any atom is 0.228 e. The SMILES string of the molecule is CCOc1ccnc(N2CCN(C(=O)[C@@H]3CC=CCC3)CC2)n1. The van der Waals surface area contributed by atoms with Crippen LogP contribution in [0.5, 0.6) is 5.88 Å². The molecule has 2 heterocycles. The third kappa shape index (κ3) is 3.81. The predicted molar refractivity (Wildman–Crippen MR) is 88.5 cm³/mol. The molecule has 1 aromatic heterocycles. The molecule has 0 N–H and O–H groups in total. The van der Waals surface area contributed by atoms with E-state index in [1.54, 1.807) is 12.3 Å². The lowest BCUT2D eigenvalue weighted by Gasteiger charge is -2.36. The Balaban J connectivity index is 1.56. The number of allylic oxidation sites excluding steroid dienone is 2. The second kappa shape index (κ2) is 7.44. The number of carbonyl (C=O) groups is 1. The molecule has 1 amide bonds. The fraction of sp³-hybridized carbons (Fsp3) is 0.588. The van der Waals surface area contributed by atoms with Crippen molar-refractivity contribution in [2.24, 2.45) is 5.92 Å². The van der Waals surface area contributed by atoms with Gasteiger partial charge in [-0.15, -0.1) is 0 Å². The van der Waals surface area contributed by atoms with Gasteiger partial charge in [-0.05, 0) is 26.2 Å². The van der Waals surface area contributed by atoms with Gasteiger partial charge in [-0.2, -0.15) is 4.98 Å². The molecule has 124 valence electrons. The monoisotopic (exact) mass is 316 g/mol. The van der Waals surface area contributed by atoms with Crippen molar-refractivity contribution in [3.8, 4) is 5.88 Å². The third-order valence-electron chi connectivity index (χ3n) is 4.40. The Morgan fingerprint density at radius 3 is 2.83 bits per heavy atom.